The molecule has 0 saturated heterocycles. The van der Waals surface area contributed by atoms with Gasteiger partial charge in [0, 0.05) is 54.4 Å². The van der Waals surface area contributed by atoms with Gasteiger partial charge in [-0.25, -0.2) is 14.4 Å². The molecule has 0 radical (unpaired) electrons. The Hall–Kier alpha value is -5.05. The lowest BCUT2D eigenvalue weighted by molar-refractivity contribution is -0.108. The highest BCUT2D eigenvalue weighted by Crippen LogP contribution is 2.35. The largest absolute Gasteiger partial charge is 0.440 e. The van der Waals surface area contributed by atoms with E-state index in [0.29, 0.717) is 35.6 Å². The quantitative estimate of drug-likeness (QED) is 0.191. The number of rotatable bonds is 10. The van der Waals surface area contributed by atoms with E-state index in [1.807, 2.05) is 47.3 Å². The van der Waals surface area contributed by atoms with Gasteiger partial charge in [-0.05, 0) is 54.4 Å². The molecule has 1 atom stereocenters. The minimum atomic E-state index is -0.525. The Kier molecular flexibility index (Phi) is 6.93. The molecule has 2 aromatic carbocycles. The number of hydrogen-bond acceptors (Lipinski definition) is 5. The monoisotopic (exact) mass is 534 g/mol. The van der Waals surface area contributed by atoms with E-state index in [-0.39, 0.29) is 5.82 Å². The van der Waals surface area contributed by atoms with Crippen LogP contribution < -0.4 is 4.90 Å². The third-order valence-corrected chi connectivity index (χ3v) is 6.90. The molecule has 6 aromatic rings. The number of aromatic nitrogens is 5. The van der Waals surface area contributed by atoms with Gasteiger partial charge in [0.15, 0.2) is 0 Å². The lowest BCUT2D eigenvalue weighted by Crippen LogP contribution is -2.31. The van der Waals surface area contributed by atoms with Gasteiger partial charge in [-0.3, -0.25) is 14.7 Å². The normalized spacial score (nSPS) is 12.1. The summed E-state index contributed by atoms with van der Waals surface area (Å²) in [5.74, 6) is 0.651. The second kappa shape index (κ2) is 11.0. The summed E-state index contributed by atoms with van der Waals surface area (Å²) in [6.07, 6.45) is 11.0. The maximum absolute atomic E-state index is 13.9. The van der Waals surface area contributed by atoms with Gasteiger partial charge in [-0.1, -0.05) is 25.1 Å². The van der Waals surface area contributed by atoms with Gasteiger partial charge < -0.3 is 13.6 Å². The van der Waals surface area contributed by atoms with E-state index in [1.165, 1.54) is 17.0 Å². The van der Waals surface area contributed by atoms with Gasteiger partial charge in [-0.15, -0.1) is 0 Å². The Balaban J connectivity index is 1.44. The van der Waals surface area contributed by atoms with E-state index < -0.39 is 6.04 Å². The van der Waals surface area contributed by atoms with E-state index >= 15 is 0 Å². The van der Waals surface area contributed by atoms with Crippen LogP contribution in [0.15, 0.2) is 102 Å². The molecule has 0 fully saturated rings. The fraction of sp³-hybridized carbons (Fsp3) is 0.161. The van der Waals surface area contributed by atoms with Crippen molar-refractivity contribution < 1.29 is 13.6 Å². The van der Waals surface area contributed by atoms with E-state index in [4.69, 9.17) is 9.40 Å². The van der Waals surface area contributed by atoms with E-state index in [0.717, 1.165) is 35.5 Å². The van der Waals surface area contributed by atoms with Crippen LogP contribution in [0.25, 0.3) is 27.9 Å². The molecular weight excluding hydrogens is 507 g/mol. The van der Waals surface area contributed by atoms with Gasteiger partial charge in [0.05, 0.1) is 18.2 Å². The van der Waals surface area contributed by atoms with Crippen LogP contribution in [0.5, 0.6) is 0 Å². The van der Waals surface area contributed by atoms with E-state index in [1.54, 1.807) is 30.9 Å². The molecule has 0 aliphatic carbocycles. The molecule has 9 heteroatoms. The van der Waals surface area contributed by atoms with Crippen molar-refractivity contribution in [2.45, 2.75) is 32.4 Å². The van der Waals surface area contributed by atoms with Crippen LogP contribution in [0.3, 0.4) is 0 Å². The Bertz CT molecular complexity index is 1730. The summed E-state index contributed by atoms with van der Waals surface area (Å²) in [6.45, 7) is 2.81. The number of carbonyl (C=O) groups is 1. The summed E-state index contributed by atoms with van der Waals surface area (Å²) in [6, 6.07) is 19.3. The zero-order valence-electron chi connectivity index (χ0n) is 21.9. The van der Waals surface area contributed by atoms with E-state index in [2.05, 4.69) is 33.6 Å². The number of benzene rings is 2. The Labute approximate surface area is 230 Å². The van der Waals surface area contributed by atoms with Crippen molar-refractivity contribution in [2.75, 3.05) is 4.90 Å². The van der Waals surface area contributed by atoms with Crippen molar-refractivity contribution in [3.63, 3.8) is 0 Å². The maximum Gasteiger partial charge on any atom is 0.217 e. The number of nitrogens with zero attached hydrogens (tertiary/aromatic N) is 6. The summed E-state index contributed by atoms with van der Waals surface area (Å²) in [5.41, 5.74) is 4.25. The second-order valence-corrected chi connectivity index (χ2v) is 9.49. The molecule has 200 valence electrons. The number of imidazole rings is 2. The number of furan rings is 1. The molecule has 0 N–H and O–H groups in total. The van der Waals surface area contributed by atoms with Crippen molar-refractivity contribution in [1.29, 1.82) is 0 Å². The zero-order valence-corrected chi connectivity index (χ0v) is 21.9. The topological polar surface area (TPSA) is 82.0 Å². The number of anilines is 1. The predicted molar refractivity (Wildman–Crippen MR) is 150 cm³/mol. The average molecular weight is 535 g/mol. The highest BCUT2D eigenvalue weighted by molar-refractivity contribution is 5.85. The number of hydrogen-bond donors (Lipinski definition) is 0. The molecule has 0 bridgehead atoms. The molecule has 4 heterocycles. The summed E-state index contributed by atoms with van der Waals surface area (Å²) in [7, 11) is 0. The number of fused-ring (bicyclic) bond motifs is 1. The first kappa shape index (κ1) is 25.2. The fourth-order valence-electron chi connectivity index (χ4n) is 5.00. The zero-order chi connectivity index (χ0) is 27.5. The van der Waals surface area contributed by atoms with Crippen molar-refractivity contribution >= 4 is 23.3 Å². The standard InChI is InChI=1S/C31H27FN6O2/c1-2-14-37-28(22-6-9-26(10-7-22)36-15-13-33-20-36)19-35-31(37)27(18-25-5-3-4-12-34-25)38(21-39)30-17-23-16-24(32)8-11-29(23)40-30/h3-13,15-17,19-21,27H,2,14,18H2,1H3. The van der Waals surface area contributed by atoms with Crippen LogP contribution in [0.1, 0.15) is 30.9 Å². The summed E-state index contributed by atoms with van der Waals surface area (Å²) < 4.78 is 24.0. The SMILES string of the molecule is CCCn1c(-c2ccc(-n3ccnc3)cc2)cnc1C(Cc1ccccn1)N(C=O)c1cc2cc(F)ccc2o1. The van der Waals surface area contributed by atoms with Gasteiger partial charge in [-0.2, -0.15) is 0 Å². The highest BCUT2D eigenvalue weighted by Gasteiger charge is 2.29. The van der Waals surface area contributed by atoms with Crippen LogP contribution in [0, 0.1) is 5.82 Å². The lowest BCUT2D eigenvalue weighted by Gasteiger charge is -2.27. The minimum absolute atomic E-state index is 0.314. The number of carbonyl (C=O) groups excluding carboxylic acids is 1. The lowest BCUT2D eigenvalue weighted by atomic mass is 10.1. The molecule has 0 aliphatic heterocycles. The molecule has 40 heavy (non-hydrogen) atoms. The molecular formula is C31H27FN6O2. The molecule has 1 unspecified atom stereocenters. The van der Waals surface area contributed by atoms with Crippen molar-refractivity contribution in [3.05, 3.63) is 115 Å². The Morgan fingerprint density at radius 2 is 1.93 bits per heavy atom. The molecule has 0 aliphatic rings. The van der Waals surface area contributed by atoms with Crippen LogP contribution in [-0.4, -0.2) is 30.5 Å². The maximum atomic E-state index is 13.9. The molecule has 0 spiro atoms. The molecule has 0 saturated carbocycles. The smallest absolute Gasteiger partial charge is 0.217 e. The first-order valence-electron chi connectivity index (χ1n) is 13.1. The molecule has 1 amide bonds. The highest BCUT2D eigenvalue weighted by atomic mass is 19.1. The first-order chi connectivity index (χ1) is 19.6. The third-order valence-electron chi connectivity index (χ3n) is 6.90. The average Bonchev–Trinajstić information content (AvgIpc) is 3.74. The van der Waals surface area contributed by atoms with Gasteiger partial charge >= 0.3 is 0 Å². The third kappa shape index (κ3) is 4.89. The van der Waals surface area contributed by atoms with Crippen LogP contribution in [0.4, 0.5) is 10.3 Å². The molecule has 8 nitrogen and oxygen atoms in total. The van der Waals surface area contributed by atoms with Crippen LogP contribution in [0.2, 0.25) is 0 Å². The van der Waals surface area contributed by atoms with Crippen LogP contribution in [-0.2, 0) is 17.8 Å². The van der Waals surface area contributed by atoms with Crippen molar-refractivity contribution in [2.24, 2.45) is 0 Å². The van der Waals surface area contributed by atoms with Crippen molar-refractivity contribution in [1.82, 2.24) is 24.1 Å². The number of pyridine rings is 1. The van der Waals surface area contributed by atoms with Gasteiger partial charge in [0.25, 0.3) is 0 Å². The summed E-state index contributed by atoms with van der Waals surface area (Å²) in [4.78, 5) is 27.7. The number of halogens is 1. The summed E-state index contributed by atoms with van der Waals surface area (Å²) in [5, 5.41) is 0.578. The summed E-state index contributed by atoms with van der Waals surface area (Å²) >= 11 is 0. The second-order valence-electron chi connectivity index (χ2n) is 9.49. The number of amides is 1. The van der Waals surface area contributed by atoms with E-state index in [9.17, 15) is 9.18 Å². The fourth-order valence-corrected chi connectivity index (χ4v) is 5.00. The van der Waals surface area contributed by atoms with Gasteiger partial charge in [0.1, 0.15) is 23.3 Å². The Morgan fingerprint density at radius 1 is 1.05 bits per heavy atom. The molecule has 6 rings (SSSR count). The van der Waals surface area contributed by atoms with Gasteiger partial charge in [0.2, 0.25) is 12.3 Å². The Morgan fingerprint density at radius 3 is 2.65 bits per heavy atom. The van der Waals surface area contributed by atoms with Crippen molar-refractivity contribution in [3.8, 4) is 16.9 Å². The van der Waals surface area contributed by atoms with Crippen LogP contribution >= 0.6 is 0 Å². The first-order valence-corrected chi connectivity index (χ1v) is 13.1. The minimum Gasteiger partial charge on any atom is -0.440 e. The molecule has 4 aromatic heterocycles. The predicted octanol–water partition coefficient (Wildman–Crippen LogP) is 6.37.